The molecular weight excluding hydrogens is 338 g/mol. The molecule has 0 spiro atoms. The number of urea groups is 1. The van der Waals surface area contributed by atoms with Crippen LogP contribution in [0.3, 0.4) is 0 Å². The van der Waals surface area contributed by atoms with Crippen molar-refractivity contribution in [3.63, 3.8) is 0 Å². The zero-order valence-corrected chi connectivity index (χ0v) is 14.4. The first-order valence-electron chi connectivity index (χ1n) is 8.80. The van der Waals surface area contributed by atoms with Gasteiger partial charge in [0.1, 0.15) is 17.4 Å². The smallest absolute Gasteiger partial charge is 0.321 e. The summed E-state index contributed by atoms with van der Waals surface area (Å²) in [4.78, 5) is 13.9. The normalized spacial score (nSPS) is 15.1. The quantitative estimate of drug-likeness (QED) is 0.841. The van der Waals surface area contributed by atoms with Gasteiger partial charge in [0.15, 0.2) is 0 Å². The van der Waals surface area contributed by atoms with E-state index in [9.17, 15) is 18.7 Å². The number of carbonyl (C=O) groups is 1. The van der Waals surface area contributed by atoms with Crippen LogP contribution in [0.1, 0.15) is 24.8 Å². The van der Waals surface area contributed by atoms with E-state index in [0.29, 0.717) is 19.0 Å². The largest absolute Gasteiger partial charge is 0.508 e. The van der Waals surface area contributed by atoms with Gasteiger partial charge in [-0.05, 0) is 61.4 Å². The molecule has 0 unspecified atom stereocenters. The number of carbonyl (C=O) groups excluding carboxylic acids is 1. The van der Waals surface area contributed by atoms with Gasteiger partial charge < -0.3 is 15.3 Å². The summed E-state index contributed by atoms with van der Waals surface area (Å²) in [5.74, 6) is -0.641. The minimum Gasteiger partial charge on any atom is -0.508 e. The van der Waals surface area contributed by atoms with E-state index >= 15 is 0 Å². The molecule has 0 atom stereocenters. The molecule has 0 bridgehead atoms. The Kier molecular flexibility index (Phi) is 5.71. The van der Waals surface area contributed by atoms with Crippen LogP contribution in [0.2, 0.25) is 0 Å². The molecule has 0 radical (unpaired) electrons. The number of hydrogen-bond acceptors (Lipinski definition) is 2. The second kappa shape index (κ2) is 8.17. The lowest BCUT2D eigenvalue weighted by Gasteiger charge is -2.32. The van der Waals surface area contributed by atoms with Gasteiger partial charge in [-0.3, -0.25) is 0 Å². The van der Waals surface area contributed by atoms with Crippen molar-refractivity contribution in [2.45, 2.75) is 25.7 Å². The first kappa shape index (κ1) is 18.2. The lowest BCUT2D eigenvalue weighted by Crippen LogP contribution is -2.41. The van der Waals surface area contributed by atoms with E-state index in [2.05, 4.69) is 5.32 Å². The average Bonchev–Trinajstić information content (AvgIpc) is 2.64. The molecule has 1 heterocycles. The summed E-state index contributed by atoms with van der Waals surface area (Å²) in [5, 5.41) is 11.8. The van der Waals surface area contributed by atoms with Crippen molar-refractivity contribution < 1.29 is 18.7 Å². The molecule has 2 aromatic carbocycles. The van der Waals surface area contributed by atoms with Gasteiger partial charge >= 0.3 is 6.03 Å². The van der Waals surface area contributed by atoms with Crippen molar-refractivity contribution in [2.24, 2.45) is 5.92 Å². The number of hydrogen-bond donors (Lipinski definition) is 2. The summed E-state index contributed by atoms with van der Waals surface area (Å²) >= 11 is 0. The number of likely N-dealkylation sites (tertiary alicyclic amines) is 1. The molecule has 0 aromatic heterocycles. The molecule has 3 rings (SSSR count). The highest BCUT2D eigenvalue weighted by Crippen LogP contribution is 2.24. The van der Waals surface area contributed by atoms with Crippen molar-refractivity contribution in [3.8, 4) is 5.75 Å². The van der Waals surface area contributed by atoms with Gasteiger partial charge in [0.2, 0.25) is 0 Å². The number of phenols is 1. The van der Waals surface area contributed by atoms with Gasteiger partial charge in [-0.15, -0.1) is 0 Å². The van der Waals surface area contributed by atoms with Crippen LogP contribution in [0.5, 0.6) is 5.75 Å². The number of anilines is 1. The summed E-state index contributed by atoms with van der Waals surface area (Å²) in [5.41, 5.74) is 1.18. The van der Waals surface area contributed by atoms with Gasteiger partial charge in [0.25, 0.3) is 0 Å². The third kappa shape index (κ3) is 4.71. The van der Waals surface area contributed by atoms with Gasteiger partial charge in [-0.2, -0.15) is 0 Å². The maximum atomic E-state index is 13.6. The summed E-state index contributed by atoms with van der Waals surface area (Å²) < 4.78 is 26.6. The van der Waals surface area contributed by atoms with Crippen molar-refractivity contribution >= 4 is 11.7 Å². The highest BCUT2D eigenvalue weighted by molar-refractivity contribution is 5.89. The molecule has 1 aliphatic heterocycles. The Balaban J connectivity index is 1.45. The first-order chi connectivity index (χ1) is 12.5. The Labute approximate surface area is 151 Å². The highest BCUT2D eigenvalue weighted by atomic mass is 19.1. The van der Waals surface area contributed by atoms with E-state index in [-0.39, 0.29) is 17.5 Å². The third-order valence-electron chi connectivity index (χ3n) is 4.85. The predicted molar refractivity (Wildman–Crippen MR) is 96.1 cm³/mol. The Bertz CT molecular complexity index is 757. The molecule has 2 aromatic rings. The van der Waals surface area contributed by atoms with Crippen molar-refractivity contribution in [3.05, 3.63) is 59.7 Å². The molecule has 0 saturated carbocycles. The van der Waals surface area contributed by atoms with Crippen LogP contribution in [0, 0.1) is 17.6 Å². The van der Waals surface area contributed by atoms with E-state index in [1.165, 1.54) is 11.6 Å². The molecule has 26 heavy (non-hydrogen) atoms. The maximum absolute atomic E-state index is 13.6. The Morgan fingerprint density at radius 1 is 1.12 bits per heavy atom. The molecule has 2 N–H and O–H groups in total. The number of nitrogens with zero attached hydrogens (tertiary/aromatic N) is 1. The fourth-order valence-corrected chi connectivity index (χ4v) is 3.24. The van der Waals surface area contributed by atoms with Crippen molar-refractivity contribution in [1.82, 2.24) is 4.90 Å². The number of halogens is 2. The number of rotatable bonds is 4. The number of nitrogens with one attached hydrogen (secondary N) is 1. The van der Waals surface area contributed by atoms with Gasteiger partial charge in [0.05, 0.1) is 5.69 Å². The SMILES string of the molecule is O=C(Nc1ccc(F)cc1F)N1CCC(CCc2ccc(O)cc2)CC1. The van der Waals surface area contributed by atoms with Gasteiger partial charge in [-0.1, -0.05) is 12.1 Å². The molecule has 1 fully saturated rings. The van der Waals surface area contributed by atoms with E-state index in [1.54, 1.807) is 17.0 Å². The van der Waals surface area contributed by atoms with Crippen molar-refractivity contribution in [1.29, 1.82) is 0 Å². The third-order valence-corrected chi connectivity index (χ3v) is 4.85. The minimum atomic E-state index is -0.776. The average molecular weight is 360 g/mol. The minimum absolute atomic E-state index is 0.00847. The fourth-order valence-electron chi connectivity index (χ4n) is 3.24. The zero-order chi connectivity index (χ0) is 18.5. The van der Waals surface area contributed by atoms with Gasteiger partial charge in [-0.25, -0.2) is 13.6 Å². The molecule has 138 valence electrons. The molecule has 6 heteroatoms. The molecule has 1 saturated heterocycles. The molecule has 4 nitrogen and oxygen atoms in total. The number of piperidine rings is 1. The number of benzene rings is 2. The topological polar surface area (TPSA) is 52.6 Å². The Hall–Kier alpha value is -2.63. The molecule has 0 aliphatic carbocycles. The maximum Gasteiger partial charge on any atom is 0.321 e. The second-order valence-corrected chi connectivity index (χ2v) is 6.69. The predicted octanol–water partition coefficient (Wildman–Crippen LogP) is 4.55. The monoisotopic (exact) mass is 360 g/mol. The number of amides is 2. The van der Waals surface area contributed by atoms with Crippen LogP contribution >= 0.6 is 0 Å². The lowest BCUT2D eigenvalue weighted by molar-refractivity contribution is 0.180. The number of aromatic hydroxyl groups is 1. The number of aryl methyl sites for hydroxylation is 1. The molecular formula is C20H22F2N2O2. The van der Waals surface area contributed by atoms with Crippen LogP contribution < -0.4 is 5.32 Å². The first-order valence-corrected chi connectivity index (χ1v) is 8.80. The Morgan fingerprint density at radius 2 is 1.81 bits per heavy atom. The van der Waals surface area contributed by atoms with E-state index in [0.717, 1.165) is 37.8 Å². The van der Waals surface area contributed by atoms with Crippen LogP contribution in [-0.2, 0) is 6.42 Å². The lowest BCUT2D eigenvalue weighted by atomic mass is 9.90. The summed E-state index contributed by atoms with van der Waals surface area (Å²) in [7, 11) is 0. The summed E-state index contributed by atoms with van der Waals surface area (Å²) in [6.07, 6.45) is 3.78. The fraction of sp³-hybridized carbons (Fsp3) is 0.350. The van der Waals surface area contributed by atoms with Crippen LogP contribution in [0.15, 0.2) is 42.5 Å². The second-order valence-electron chi connectivity index (χ2n) is 6.69. The van der Waals surface area contributed by atoms with Gasteiger partial charge in [0, 0.05) is 19.2 Å². The Morgan fingerprint density at radius 3 is 2.46 bits per heavy atom. The van der Waals surface area contributed by atoms with E-state index in [1.807, 2.05) is 12.1 Å². The standard InChI is InChI=1S/C20H22F2N2O2/c21-16-5-8-19(18(22)13-16)23-20(26)24-11-9-15(10-12-24)2-1-14-3-6-17(25)7-4-14/h3-8,13,15,25H,1-2,9-12H2,(H,23,26). The number of phenolic OH excluding ortho intramolecular Hbond substituents is 1. The van der Waals surface area contributed by atoms with E-state index in [4.69, 9.17) is 0 Å². The summed E-state index contributed by atoms with van der Waals surface area (Å²) in [6, 6.07) is 9.98. The molecule has 1 aliphatic rings. The summed E-state index contributed by atoms with van der Waals surface area (Å²) in [6.45, 7) is 1.24. The highest BCUT2D eigenvalue weighted by Gasteiger charge is 2.23. The molecule has 2 amide bonds. The van der Waals surface area contributed by atoms with Crippen molar-refractivity contribution in [2.75, 3.05) is 18.4 Å². The zero-order valence-electron chi connectivity index (χ0n) is 14.4. The van der Waals surface area contributed by atoms with E-state index < -0.39 is 11.6 Å². The van der Waals surface area contributed by atoms with Crippen LogP contribution in [0.25, 0.3) is 0 Å². The van der Waals surface area contributed by atoms with Crippen LogP contribution in [0.4, 0.5) is 19.3 Å². The van der Waals surface area contributed by atoms with Crippen LogP contribution in [-0.4, -0.2) is 29.1 Å².